The van der Waals surface area contributed by atoms with E-state index in [2.05, 4.69) is 0 Å². The van der Waals surface area contributed by atoms with Crippen molar-refractivity contribution < 1.29 is 33.7 Å². The van der Waals surface area contributed by atoms with Crippen molar-refractivity contribution >= 4 is 23.2 Å². The molecule has 0 spiro atoms. The van der Waals surface area contributed by atoms with E-state index in [0.717, 1.165) is 11.8 Å². The fourth-order valence-electron chi connectivity index (χ4n) is 5.03. The number of nitrogens with zero attached hydrogens (tertiary/aromatic N) is 2. The number of halogens is 1. The van der Waals surface area contributed by atoms with E-state index in [9.17, 15) is 29.0 Å². The molecule has 10 heteroatoms. The molecule has 0 saturated heterocycles. The first-order chi connectivity index (χ1) is 19.7. The second kappa shape index (κ2) is 10.6. The number of hydrogen-bond donors (Lipinski definition) is 2. The van der Waals surface area contributed by atoms with Crippen LogP contribution in [0.5, 0.6) is 17.2 Å². The maximum Gasteiger partial charge on any atom is 0.345 e. The Hall–Kier alpha value is -5.38. The molecule has 2 aromatic heterocycles. The zero-order chi connectivity index (χ0) is 29.4. The summed E-state index contributed by atoms with van der Waals surface area (Å²) in [4.78, 5) is 37.6. The molecular weight excluding hydrogens is 531 g/mol. The quantitative estimate of drug-likeness (QED) is 0.255. The van der Waals surface area contributed by atoms with Crippen LogP contribution >= 0.6 is 0 Å². The molecule has 0 fully saturated rings. The molecule has 0 atom stereocenters. The Kier molecular flexibility index (Phi) is 7.06. The number of hydrogen-bond acceptors (Lipinski definition) is 6. The van der Waals surface area contributed by atoms with Crippen LogP contribution in [0.25, 0.3) is 33.3 Å². The summed E-state index contributed by atoms with van der Waals surface area (Å²) in [6, 6.07) is 17.1. The smallest absolute Gasteiger partial charge is 0.345 e. The molecule has 9 nitrogen and oxygen atoms in total. The number of aromatic hydroxyl groups is 1. The van der Waals surface area contributed by atoms with Crippen molar-refractivity contribution in [3.8, 4) is 39.6 Å². The predicted octanol–water partition coefficient (Wildman–Crippen LogP) is 5.09. The first-order valence-electron chi connectivity index (χ1n) is 12.4. The van der Waals surface area contributed by atoms with Crippen molar-refractivity contribution in [2.45, 2.75) is 6.54 Å². The van der Waals surface area contributed by atoms with Gasteiger partial charge in [0.15, 0.2) is 11.8 Å². The highest BCUT2D eigenvalue weighted by molar-refractivity contribution is 5.99. The van der Waals surface area contributed by atoms with Crippen LogP contribution in [0.4, 0.5) is 4.39 Å². The van der Waals surface area contributed by atoms with Crippen LogP contribution in [-0.4, -0.2) is 45.8 Å². The number of carboxylic acids is 1. The molecule has 0 saturated carbocycles. The van der Waals surface area contributed by atoms with Gasteiger partial charge in [0.25, 0.3) is 5.56 Å². The number of methoxy groups -OCH3 is 2. The minimum absolute atomic E-state index is 0.0281. The lowest BCUT2D eigenvalue weighted by Gasteiger charge is -2.22. The maximum atomic E-state index is 13.9. The third kappa shape index (κ3) is 4.69. The van der Waals surface area contributed by atoms with Gasteiger partial charge in [-0.3, -0.25) is 9.59 Å². The lowest BCUT2D eigenvalue weighted by atomic mass is 9.94. The van der Waals surface area contributed by atoms with Gasteiger partial charge >= 0.3 is 5.97 Å². The van der Waals surface area contributed by atoms with Crippen LogP contribution < -0.4 is 15.0 Å². The van der Waals surface area contributed by atoms with Crippen LogP contribution in [0.1, 0.15) is 26.4 Å². The van der Waals surface area contributed by atoms with Crippen LogP contribution in [0.15, 0.2) is 71.5 Å². The van der Waals surface area contributed by atoms with E-state index in [1.54, 1.807) is 54.1 Å². The highest BCUT2D eigenvalue weighted by atomic mass is 19.1. The summed E-state index contributed by atoms with van der Waals surface area (Å²) in [5.41, 5.74) is 0.903. The minimum Gasteiger partial charge on any atom is -0.506 e. The molecule has 0 bridgehead atoms. The number of aldehydes is 1. The maximum absolute atomic E-state index is 13.9. The van der Waals surface area contributed by atoms with Crippen molar-refractivity contribution in [1.82, 2.24) is 9.13 Å². The number of carboxylic acid groups (broad SMARTS) is 1. The lowest BCUT2D eigenvalue weighted by molar-refractivity contribution is 0.0691. The van der Waals surface area contributed by atoms with E-state index in [4.69, 9.17) is 9.47 Å². The number of ether oxygens (including phenoxy) is 2. The first kappa shape index (κ1) is 27.2. The highest BCUT2D eigenvalue weighted by Crippen LogP contribution is 2.41. The van der Waals surface area contributed by atoms with Crippen molar-refractivity contribution in [3.63, 3.8) is 0 Å². The molecule has 0 aliphatic heterocycles. The number of aromatic nitrogens is 2. The highest BCUT2D eigenvalue weighted by Gasteiger charge is 2.28. The number of fused-ring (bicyclic) bond motifs is 1. The number of benzene rings is 3. The third-order valence-electron chi connectivity index (χ3n) is 7.08. The fraction of sp³-hybridized carbons (Fsp3) is 0.129. The molecule has 0 unspecified atom stereocenters. The molecule has 2 N–H and O–H groups in total. The van der Waals surface area contributed by atoms with Gasteiger partial charge in [0.1, 0.15) is 23.1 Å². The fourth-order valence-corrected chi connectivity index (χ4v) is 5.03. The summed E-state index contributed by atoms with van der Waals surface area (Å²) in [6.45, 7) is -0.136. The largest absolute Gasteiger partial charge is 0.506 e. The molecule has 0 aliphatic carbocycles. The molecule has 5 aromatic rings. The molecule has 208 valence electrons. The van der Waals surface area contributed by atoms with Crippen molar-refractivity contribution in [2.75, 3.05) is 14.2 Å². The number of rotatable bonds is 8. The molecule has 5 rings (SSSR count). The van der Waals surface area contributed by atoms with E-state index < -0.39 is 28.7 Å². The summed E-state index contributed by atoms with van der Waals surface area (Å²) in [5, 5.41) is 21.9. The van der Waals surface area contributed by atoms with Gasteiger partial charge in [0, 0.05) is 35.1 Å². The van der Waals surface area contributed by atoms with E-state index >= 15 is 0 Å². The number of pyridine rings is 1. The van der Waals surface area contributed by atoms with Gasteiger partial charge in [0.2, 0.25) is 0 Å². The van der Waals surface area contributed by atoms with Crippen LogP contribution in [0.3, 0.4) is 0 Å². The first-order valence-corrected chi connectivity index (χ1v) is 12.4. The van der Waals surface area contributed by atoms with Gasteiger partial charge in [-0.1, -0.05) is 18.2 Å². The minimum atomic E-state index is -1.62. The standard InChI is InChI=1S/C31H25FN2O7/c1-33-22(16-35)13-20-12-18(7-11-24(20)33)28-26(17-4-8-21(32)9-5-17)29(36)27(31(38)39)30(37)34(28)15-19-6-10-23(40-2)14-25(19)41-3/h4-14,16,36H,15H2,1-3H3,(H,38,39). The van der Waals surface area contributed by atoms with Crippen LogP contribution in [0.2, 0.25) is 0 Å². The van der Waals surface area contributed by atoms with Gasteiger partial charge < -0.3 is 28.8 Å². The molecule has 3 aromatic carbocycles. The summed E-state index contributed by atoms with van der Waals surface area (Å²) in [7, 11) is 4.70. The van der Waals surface area contributed by atoms with Gasteiger partial charge in [-0.15, -0.1) is 0 Å². The number of carbonyl (C=O) groups excluding carboxylic acids is 1. The van der Waals surface area contributed by atoms with E-state index in [1.807, 2.05) is 0 Å². The van der Waals surface area contributed by atoms with Gasteiger partial charge in [-0.05, 0) is 53.6 Å². The molecule has 2 heterocycles. The Morgan fingerprint density at radius 3 is 2.32 bits per heavy atom. The Labute approximate surface area is 233 Å². The number of aromatic carboxylic acids is 1. The second-order valence-corrected chi connectivity index (χ2v) is 9.35. The van der Waals surface area contributed by atoms with Crippen molar-refractivity contribution in [1.29, 1.82) is 0 Å². The summed E-state index contributed by atoms with van der Waals surface area (Å²) in [6.07, 6.45) is 0.725. The summed E-state index contributed by atoms with van der Waals surface area (Å²) in [5.74, 6) is -1.99. The van der Waals surface area contributed by atoms with Crippen LogP contribution in [0, 0.1) is 5.82 Å². The second-order valence-electron chi connectivity index (χ2n) is 9.35. The normalized spacial score (nSPS) is 11.0. The molecule has 0 aliphatic rings. The van der Waals surface area contributed by atoms with Crippen LogP contribution in [-0.2, 0) is 13.6 Å². The Bertz CT molecular complexity index is 1890. The van der Waals surface area contributed by atoms with Gasteiger partial charge in [0.05, 0.1) is 32.2 Å². The van der Waals surface area contributed by atoms with E-state index in [1.165, 1.54) is 43.1 Å². The Balaban J connectivity index is 1.89. The van der Waals surface area contributed by atoms with Gasteiger partial charge in [-0.25, -0.2) is 9.18 Å². The topological polar surface area (TPSA) is 120 Å². The third-order valence-corrected chi connectivity index (χ3v) is 7.08. The van der Waals surface area contributed by atoms with Gasteiger partial charge in [-0.2, -0.15) is 0 Å². The van der Waals surface area contributed by atoms with Crippen molar-refractivity contribution in [2.24, 2.45) is 7.05 Å². The SMILES string of the molecule is COc1ccc(Cn2c(-c3ccc4c(c3)cc(C=O)n4C)c(-c3ccc(F)cc3)c(O)c(C(=O)O)c2=O)c(OC)c1. The predicted molar refractivity (Wildman–Crippen MR) is 151 cm³/mol. The molecule has 0 amide bonds. The zero-order valence-corrected chi connectivity index (χ0v) is 22.3. The number of carbonyl (C=O) groups is 2. The molecule has 0 radical (unpaired) electrons. The Morgan fingerprint density at radius 2 is 1.68 bits per heavy atom. The Morgan fingerprint density at radius 1 is 0.976 bits per heavy atom. The average molecular weight is 557 g/mol. The zero-order valence-electron chi connectivity index (χ0n) is 22.3. The monoisotopic (exact) mass is 556 g/mol. The number of aryl methyl sites for hydroxylation is 1. The summed E-state index contributed by atoms with van der Waals surface area (Å²) >= 11 is 0. The average Bonchev–Trinajstić information content (AvgIpc) is 3.29. The molecular formula is C31H25FN2O7. The van der Waals surface area contributed by atoms with Crippen molar-refractivity contribution in [3.05, 3.63) is 99.7 Å². The van der Waals surface area contributed by atoms with E-state index in [-0.39, 0.29) is 17.8 Å². The lowest BCUT2D eigenvalue weighted by Crippen LogP contribution is -2.29. The molecule has 41 heavy (non-hydrogen) atoms. The summed E-state index contributed by atoms with van der Waals surface area (Å²) < 4.78 is 27.7. The van der Waals surface area contributed by atoms with E-state index in [0.29, 0.717) is 39.3 Å².